The quantitative estimate of drug-likeness (QED) is 0.746. The van der Waals surface area contributed by atoms with E-state index in [0.29, 0.717) is 12.2 Å². The molecule has 6 heteroatoms. The number of carbonyl (C=O) groups is 2. The van der Waals surface area contributed by atoms with E-state index in [4.69, 9.17) is 0 Å². The molecule has 1 aromatic carbocycles. The topological polar surface area (TPSA) is 70.2 Å². The van der Waals surface area contributed by atoms with Crippen LogP contribution in [-0.2, 0) is 9.59 Å². The van der Waals surface area contributed by atoms with Crippen LogP contribution in [-0.4, -0.2) is 24.9 Å². The van der Waals surface area contributed by atoms with Crippen molar-refractivity contribution in [2.75, 3.05) is 23.7 Å². The largest absolute Gasteiger partial charge is 0.326 e. The summed E-state index contributed by atoms with van der Waals surface area (Å²) in [7, 11) is 0. The van der Waals surface area contributed by atoms with Gasteiger partial charge in [-0.2, -0.15) is 0 Å². The van der Waals surface area contributed by atoms with E-state index >= 15 is 0 Å². The van der Waals surface area contributed by atoms with Crippen LogP contribution < -0.4 is 16.0 Å². The Balaban J connectivity index is 2.75. The normalized spacial score (nSPS) is 11.8. The molecule has 1 atom stereocenters. The Kier molecular flexibility index (Phi) is 6.11. The van der Waals surface area contributed by atoms with Crippen molar-refractivity contribution < 1.29 is 14.0 Å². The number of amides is 2. The van der Waals surface area contributed by atoms with Gasteiger partial charge < -0.3 is 16.0 Å². The predicted octanol–water partition coefficient (Wildman–Crippen LogP) is 1.97. The lowest BCUT2D eigenvalue weighted by molar-refractivity contribution is -0.119. The highest BCUT2D eigenvalue weighted by atomic mass is 19.1. The zero-order valence-corrected chi connectivity index (χ0v) is 11.9. The zero-order chi connectivity index (χ0) is 15.1. The standard InChI is InChI=1S/C14H20FN3O2/c1-4-16-8-9(2)14(20)18-13-7-11(17-10(3)19)5-6-12(13)15/h5-7,9,16H,4,8H2,1-3H3,(H,17,19)(H,18,20). The second-order valence-corrected chi connectivity index (χ2v) is 4.57. The van der Waals surface area contributed by atoms with Gasteiger partial charge in [0.2, 0.25) is 11.8 Å². The van der Waals surface area contributed by atoms with Gasteiger partial charge in [0, 0.05) is 25.1 Å². The van der Waals surface area contributed by atoms with Crippen LogP contribution in [0.5, 0.6) is 0 Å². The Morgan fingerprint density at radius 2 is 2.00 bits per heavy atom. The van der Waals surface area contributed by atoms with E-state index in [1.54, 1.807) is 6.92 Å². The average molecular weight is 281 g/mol. The van der Waals surface area contributed by atoms with Crippen LogP contribution in [0.3, 0.4) is 0 Å². The Hall–Kier alpha value is -1.95. The highest BCUT2D eigenvalue weighted by Crippen LogP contribution is 2.20. The van der Waals surface area contributed by atoms with Crippen LogP contribution in [0.4, 0.5) is 15.8 Å². The van der Waals surface area contributed by atoms with Crippen molar-refractivity contribution in [3.05, 3.63) is 24.0 Å². The molecule has 1 unspecified atom stereocenters. The number of halogens is 1. The number of hydrogen-bond donors (Lipinski definition) is 3. The van der Waals surface area contributed by atoms with E-state index in [2.05, 4.69) is 16.0 Å². The molecule has 110 valence electrons. The fraction of sp³-hybridized carbons (Fsp3) is 0.429. The Morgan fingerprint density at radius 1 is 1.30 bits per heavy atom. The maximum Gasteiger partial charge on any atom is 0.228 e. The Morgan fingerprint density at radius 3 is 2.60 bits per heavy atom. The molecule has 3 N–H and O–H groups in total. The molecule has 0 bridgehead atoms. The van der Waals surface area contributed by atoms with E-state index in [-0.39, 0.29) is 23.4 Å². The van der Waals surface area contributed by atoms with Gasteiger partial charge in [-0.25, -0.2) is 4.39 Å². The number of anilines is 2. The average Bonchev–Trinajstić information content (AvgIpc) is 2.39. The first-order valence-electron chi connectivity index (χ1n) is 6.52. The summed E-state index contributed by atoms with van der Waals surface area (Å²) in [5.74, 6) is -1.35. The first kappa shape index (κ1) is 16.1. The van der Waals surface area contributed by atoms with Crippen molar-refractivity contribution in [1.29, 1.82) is 0 Å². The molecule has 0 aliphatic carbocycles. The van der Waals surface area contributed by atoms with E-state index in [0.717, 1.165) is 6.54 Å². The fourth-order valence-electron chi connectivity index (χ4n) is 1.61. The van der Waals surface area contributed by atoms with Crippen LogP contribution in [0.2, 0.25) is 0 Å². The number of benzene rings is 1. The molecular formula is C14H20FN3O2. The summed E-state index contributed by atoms with van der Waals surface area (Å²) in [6, 6.07) is 4.04. The van der Waals surface area contributed by atoms with E-state index in [1.165, 1.54) is 25.1 Å². The number of hydrogen-bond acceptors (Lipinski definition) is 3. The summed E-state index contributed by atoms with van der Waals surface area (Å²) in [6.45, 7) is 6.36. The Labute approximate surface area is 117 Å². The van der Waals surface area contributed by atoms with E-state index in [1.807, 2.05) is 6.92 Å². The molecule has 0 aromatic heterocycles. The predicted molar refractivity (Wildman–Crippen MR) is 77.0 cm³/mol. The van der Waals surface area contributed by atoms with Crippen molar-refractivity contribution in [3.8, 4) is 0 Å². The van der Waals surface area contributed by atoms with Crippen molar-refractivity contribution in [2.24, 2.45) is 5.92 Å². The summed E-state index contributed by atoms with van der Waals surface area (Å²) < 4.78 is 13.6. The van der Waals surface area contributed by atoms with Gasteiger partial charge in [0.1, 0.15) is 5.82 Å². The molecule has 0 aliphatic rings. The number of rotatable bonds is 6. The van der Waals surface area contributed by atoms with Gasteiger partial charge in [-0.3, -0.25) is 9.59 Å². The third-order valence-electron chi connectivity index (χ3n) is 2.69. The fourth-order valence-corrected chi connectivity index (χ4v) is 1.61. The highest BCUT2D eigenvalue weighted by molar-refractivity contribution is 5.94. The van der Waals surface area contributed by atoms with Gasteiger partial charge in [-0.05, 0) is 24.7 Å². The molecule has 0 aliphatic heterocycles. The summed E-state index contributed by atoms with van der Waals surface area (Å²) in [6.07, 6.45) is 0. The molecule has 0 heterocycles. The first-order valence-corrected chi connectivity index (χ1v) is 6.52. The van der Waals surface area contributed by atoms with Crippen LogP contribution in [0.25, 0.3) is 0 Å². The van der Waals surface area contributed by atoms with E-state index < -0.39 is 5.82 Å². The molecule has 0 saturated carbocycles. The maximum absolute atomic E-state index is 13.6. The molecule has 5 nitrogen and oxygen atoms in total. The van der Waals surface area contributed by atoms with Crippen molar-refractivity contribution in [1.82, 2.24) is 5.32 Å². The third-order valence-corrected chi connectivity index (χ3v) is 2.69. The Bertz CT molecular complexity index is 491. The summed E-state index contributed by atoms with van der Waals surface area (Å²) in [5.41, 5.74) is 0.498. The molecule has 0 saturated heterocycles. The highest BCUT2D eigenvalue weighted by Gasteiger charge is 2.14. The van der Waals surface area contributed by atoms with Crippen molar-refractivity contribution >= 4 is 23.2 Å². The lowest BCUT2D eigenvalue weighted by Crippen LogP contribution is -2.30. The van der Waals surface area contributed by atoms with Gasteiger partial charge in [0.25, 0.3) is 0 Å². The van der Waals surface area contributed by atoms with Crippen LogP contribution in [0, 0.1) is 11.7 Å². The van der Waals surface area contributed by atoms with Gasteiger partial charge in [0.05, 0.1) is 5.69 Å². The summed E-state index contributed by atoms with van der Waals surface area (Å²) in [4.78, 5) is 22.9. The van der Waals surface area contributed by atoms with Crippen LogP contribution in [0.15, 0.2) is 18.2 Å². The van der Waals surface area contributed by atoms with Crippen molar-refractivity contribution in [2.45, 2.75) is 20.8 Å². The van der Waals surface area contributed by atoms with Gasteiger partial charge in [-0.1, -0.05) is 13.8 Å². The third kappa shape index (κ3) is 4.97. The maximum atomic E-state index is 13.6. The molecule has 0 fully saturated rings. The van der Waals surface area contributed by atoms with Crippen LogP contribution in [0.1, 0.15) is 20.8 Å². The minimum absolute atomic E-state index is 0.0598. The number of carbonyl (C=O) groups excluding carboxylic acids is 2. The lowest BCUT2D eigenvalue weighted by Gasteiger charge is -2.14. The molecule has 1 rings (SSSR count). The monoisotopic (exact) mass is 281 g/mol. The minimum Gasteiger partial charge on any atom is -0.326 e. The summed E-state index contributed by atoms with van der Waals surface area (Å²) in [5, 5.41) is 8.12. The lowest BCUT2D eigenvalue weighted by atomic mass is 10.1. The van der Waals surface area contributed by atoms with Gasteiger partial charge in [-0.15, -0.1) is 0 Å². The SMILES string of the molecule is CCNCC(C)C(=O)Nc1cc(NC(C)=O)ccc1F. The molecular weight excluding hydrogens is 261 g/mol. The van der Waals surface area contributed by atoms with E-state index in [9.17, 15) is 14.0 Å². The smallest absolute Gasteiger partial charge is 0.228 e. The summed E-state index contributed by atoms with van der Waals surface area (Å²) >= 11 is 0. The second kappa shape index (κ2) is 7.59. The molecule has 1 aromatic rings. The van der Waals surface area contributed by atoms with Gasteiger partial charge >= 0.3 is 0 Å². The zero-order valence-electron chi connectivity index (χ0n) is 11.9. The molecule has 0 radical (unpaired) electrons. The first-order chi connectivity index (χ1) is 9.43. The number of nitrogens with one attached hydrogen (secondary N) is 3. The van der Waals surface area contributed by atoms with Gasteiger partial charge in [0.15, 0.2) is 0 Å². The molecule has 2 amide bonds. The molecule has 0 spiro atoms. The molecule has 20 heavy (non-hydrogen) atoms. The minimum atomic E-state index is -0.539. The van der Waals surface area contributed by atoms with Crippen molar-refractivity contribution in [3.63, 3.8) is 0 Å². The van der Waals surface area contributed by atoms with Crippen LogP contribution >= 0.6 is 0 Å². The second-order valence-electron chi connectivity index (χ2n) is 4.57.